The van der Waals surface area contributed by atoms with Gasteiger partial charge >= 0.3 is 0 Å². The van der Waals surface area contributed by atoms with Crippen molar-refractivity contribution in [2.45, 2.75) is 13.3 Å². The molecule has 0 saturated carbocycles. The monoisotopic (exact) mass is 246 g/mol. The number of halogens is 3. The minimum absolute atomic E-state index is 0.282. The van der Waals surface area contributed by atoms with Crippen molar-refractivity contribution in [2.75, 3.05) is 5.88 Å². The van der Waals surface area contributed by atoms with Gasteiger partial charge in [-0.15, -0.1) is 18.2 Å². The lowest BCUT2D eigenvalue weighted by Gasteiger charge is -2.22. The van der Waals surface area contributed by atoms with Crippen molar-refractivity contribution in [1.29, 1.82) is 0 Å². The van der Waals surface area contributed by atoms with Gasteiger partial charge in [0.15, 0.2) is 0 Å². The molecule has 0 aliphatic carbocycles. The van der Waals surface area contributed by atoms with Gasteiger partial charge in [-0.3, -0.25) is 0 Å². The van der Waals surface area contributed by atoms with E-state index in [9.17, 15) is 4.39 Å². The molecule has 0 fully saturated rings. The summed E-state index contributed by atoms with van der Waals surface area (Å²) in [4.78, 5) is 0. The SMILES string of the molecule is C=CC(C)(CCl)Cc1ccc(Cl)cc1F. The van der Waals surface area contributed by atoms with Crippen LogP contribution in [0.3, 0.4) is 0 Å². The molecule has 0 heterocycles. The van der Waals surface area contributed by atoms with Crippen LogP contribution in [0.1, 0.15) is 12.5 Å². The summed E-state index contributed by atoms with van der Waals surface area (Å²) in [5.41, 5.74) is 0.332. The lowest BCUT2D eigenvalue weighted by Crippen LogP contribution is -2.19. The molecular formula is C12H13Cl2F. The van der Waals surface area contributed by atoms with Gasteiger partial charge in [0.05, 0.1) is 0 Å². The third kappa shape index (κ3) is 3.22. The van der Waals surface area contributed by atoms with Crippen LogP contribution in [-0.2, 0) is 6.42 Å². The second-order valence-corrected chi connectivity index (χ2v) is 4.61. The van der Waals surface area contributed by atoms with Gasteiger partial charge in [0, 0.05) is 16.3 Å². The van der Waals surface area contributed by atoms with E-state index in [1.54, 1.807) is 18.2 Å². The Bertz CT molecular complexity index is 363. The number of alkyl halides is 1. The summed E-state index contributed by atoms with van der Waals surface area (Å²) in [6, 6.07) is 4.68. The Morgan fingerprint density at radius 3 is 2.67 bits per heavy atom. The molecule has 0 aromatic heterocycles. The van der Waals surface area contributed by atoms with E-state index in [0.717, 1.165) is 0 Å². The van der Waals surface area contributed by atoms with Gasteiger partial charge in [0.25, 0.3) is 0 Å². The first-order chi connectivity index (χ1) is 7.00. The standard InChI is InChI=1S/C12H13Cl2F/c1-3-12(2,8-13)7-9-4-5-10(14)6-11(9)15/h3-6H,1,7-8H2,2H3. The Labute approximate surface area is 99.7 Å². The molecule has 0 aliphatic heterocycles. The molecule has 1 rings (SSSR count). The molecule has 0 radical (unpaired) electrons. The first kappa shape index (κ1) is 12.5. The fourth-order valence-electron chi connectivity index (χ4n) is 1.27. The van der Waals surface area contributed by atoms with E-state index in [-0.39, 0.29) is 11.2 Å². The smallest absolute Gasteiger partial charge is 0.127 e. The van der Waals surface area contributed by atoms with Crippen molar-refractivity contribution in [1.82, 2.24) is 0 Å². The van der Waals surface area contributed by atoms with E-state index in [4.69, 9.17) is 23.2 Å². The molecule has 1 unspecified atom stereocenters. The summed E-state index contributed by atoms with van der Waals surface area (Å²) in [5, 5.41) is 0.405. The highest BCUT2D eigenvalue weighted by Crippen LogP contribution is 2.27. The summed E-state index contributed by atoms with van der Waals surface area (Å²) in [7, 11) is 0. The first-order valence-electron chi connectivity index (χ1n) is 4.64. The molecule has 82 valence electrons. The first-order valence-corrected chi connectivity index (χ1v) is 5.55. The number of benzene rings is 1. The molecule has 0 spiro atoms. The van der Waals surface area contributed by atoms with Gasteiger partial charge in [0.2, 0.25) is 0 Å². The van der Waals surface area contributed by atoms with Crippen LogP contribution in [0.25, 0.3) is 0 Å². The maximum absolute atomic E-state index is 13.5. The normalized spacial score (nSPS) is 14.7. The second kappa shape index (κ2) is 5.00. The predicted molar refractivity (Wildman–Crippen MR) is 64.1 cm³/mol. The Morgan fingerprint density at radius 1 is 1.53 bits per heavy atom. The highest BCUT2D eigenvalue weighted by Gasteiger charge is 2.21. The van der Waals surface area contributed by atoms with Crippen LogP contribution in [-0.4, -0.2) is 5.88 Å². The summed E-state index contributed by atoms with van der Waals surface area (Å²) >= 11 is 11.5. The van der Waals surface area contributed by atoms with Crippen molar-refractivity contribution in [3.8, 4) is 0 Å². The summed E-state index contributed by atoms with van der Waals surface area (Å²) in [6.45, 7) is 5.66. The fraction of sp³-hybridized carbons (Fsp3) is 0.333. The number of hydrogen-bond donors (Lipinski definition) is 0. The molecule has 0 bridgehead atoms. The Hall–Kier alpha value is -0.530. The molecule has 0 amide bonds. The molecule has 0 aliphatic rings. The van der Waals surface area contributed by atoms with E-state index in [2.05, 4.69) is 6.58 Å². The zero-order chi connectivity index (χ0) is 11.5. The molecule has 1 aromatic carbocycles. The van der Waals surface area contributed by atoms with Gasteiger partial charge in [0.1, 0.15) is 5.82 Å². The van der Waals surface area contributed by atoms with Gasteiger partial charge in [-0.1, -0.05) is 30.7 Å². The lowest BCUT2D eigenvalue weighted by atomic mass is 9.85. The van der Waals surface area contributed by atoms with E-state index in [0.29, 0.717) is 22.9 Å². The van der Waals surface area contributed by atoms with Crippen molar-refractivity contribution in [3.05, 3.63) is 47.3 Å². The van der Waals surface area contributed by atoms with Gasteiger partial charge < -0.3 is 0 Å². The number of hydrogen-bond acceptors (Lipinski definition) is 0. The van der Waals surface area contributed by atoms with Crippen LogP contribution in [0, 0.1) is 11.2 Å². The molecule has 3 heteroatoms. The van der Waals surface area contributed by atoms with Crippen molar-refractivity contribution < 1.29 is 4.39 Å². The zero-order valence-electron chi connectivity index (χ0n) is 8.56. The summed E-state index contributed by atoms with van der Waals surface area (Å²) in [5.74, 6) is 0.124. The third-order valence-electron chi connectivity index (χ3n) is 2.41. The molecule has 0 saturated heterocycles. The van der Waals surface area contributed by atoms with Crippen LogP contribution in [0.2, 0.25) is 5.02 Å². The summed E-state index contributed by atoms with van der Waals surface area (Å²) in [6.07, 6.45) is 2.29. The second-order valence-electron chi connectivity index (χ2n) is 3.90. The van der Waals surface area contributed by atoms with E-state index >= 15 is 0 Å². The summed E-state index contributed by atoms with van der Waals surface area (Å²) < 4.78 is 13.5. The van der Waals surface area contributed by atoms with Crippen LogP contribution < -0.4 is 0 Å². The maximum atomic E-state index is 13.5. The van der Waals surface area contributed by atoms with Crippen molar-refractivity contribution in [2.24, 2.45) is 5.41 Å². The molecule has 1 atom stereocenters. The van der Waals surface area contributed by atoms with Gasteiger partial charge in [-0.25, -0.2) is 4.39 Å². The maximum Gasteiger partial charge on any atom is 0.127 e. The quantitative estimate of drug-likeness (QED) is 0.544. The molecule has 15 heavy (non-hydrogen) atoms. The van der Waals surface area contributed by atoms with Crippen LogP contribution in [0.4, 0.5) is 4.39 Å². The highest BCUT2D eigenvalue weighted by atomic mass is 35.5. The number of rotatable bonds is 4. The highest BCUT2D eigenvalue weighted by molar-refractivity contribution is 6.30. The fourth-order valence-corrected chi connectivity index (χ4v) is 1.64. The van der Waals surface area contributed by atoms with Crippen LogP contribution in [0.5, 0.6) is 0 Å². The average molecular weight is 247 g/mol. The zero-order valence-corrected chi connectivity index (χ0v) is 10.1. The topological polar surface area (TPSA) is 0 Å². The van der Waals surface area contributed by atoms with Crippen LogP contribution in [0.15, 0.2) is 30.9 Å². The minimum atomic E-state index is -0.291. The third-order valence-corrected chi connectivity index (χ3v) is 3.25. The van der Waals surface area contributed by atoms with E-state index < -0.39 is 0 Å². The Balaban J connectivity index is 2.94. The largest absolute Gasteiger partial charge is 0.207 e. The van der Waals surface area contributed by atoms with Crippen molar-refractivity contribution in [3.63, 3.8) is 0 Å². The molecule has 0 N–H and O–H groups in total. The molecule has 0 nitrogen and oxygen atoms in total. The van der Waals surface area contributed by atoms with E-state index in [1.165, 1.54) is 6.07 Å². The number of allylic oxidation sites excluding steroid dienone is 1. The Morgan fingerprint density at radius 2 is 2.20 bits per heavy atom. The van der Waals surface area contributed by atoms with Gasteiger partial charge in [-0.05, 0) is 24.1 Å². The lowest BCUT2D eigenvalue weighted by molar-refractivity contribution is 0.470. The van der Waals surface area contributed by atoms with Crippen molar-refractivity contribution >= 4 is 23.2 Å². The predicted octanol–water partition coefficient (Wildman–Crippen LogP) is 4.45. The molecule has 1 aromatic rings. The average Bonchev–Trinajstić information content (AvgIpc) is 2.22. The van der Waals surface area contributed by atoms with Crippen LogP contribution >= 0.6 is 23.2 Å². The van der Waals surface area contributed by atoms with E-state index in [1.807, 2.05) is 6.92 Å². The van der Waals surface area contributed by atoms with Gasteiger partial charge in [-0.2, -0.15) is 0 Å². The Kier molecular flexibility index (Phi) is 4.18. The minimum Gasteiger partial charge on any atom is -0.207 e. The molecular weight excluding hydrogens is 234 g/mol.